The summed E-state index contributed by atoms with van der Waals surface area (Å²) in [5, 5.41) is 9.39. The van der Waals surface area contributed by atoms with Crippen LogP contribution in [0, 0.1) is 11.8 Å². The van der Waals surface area contributed by atoms with Crippen LogP contribution in [-0.4, -0.2) is 28.0 Å². The molecule has 3 atom stereocenters. The number of carbonyl (C=O) groups excluding carboxylic acids is 1. The topological polar surface area (TPSA) is 72.3 Å². The lowest BCUT2D eigenvalue weighted by atomic mass is 9.55. The minimum atomic E-state index is -0.258. The molecule has 1 N–H and O–H groups in total. The highest BCUT2D eigenvalue weighted by Crippen LogP contribution is 2.52. The van der Waals surface area contributed by atoms with Gasteiger partial charge in [-0.3, -0.25) is 4.79 Å². The Bertz CT molecular complexity index is 626. The van der Waals surface area contributed by atoms with E-state index in [-0.39, 0.29) is 23.0 Å². The minimum absolute atomic E-state index is 0.0597. The summed E-state index contributed by atoms with van der Waals surface area (Å²) in [6.45, 7) is 4.09. The van der Waals surface area contributed by atoms with E-state index in [4.69, 9.17) is 4.74 Å². The standard InChI is InChI=1S/C16H20N2O3/c1-9-12-5-4-11-14(17-8-18-15(11)21-3)16(12,2)6-10(7-19)13(9)20/h7-9,12,19H,4-6H2,1-3H3/b10-7-/t9-,12-,16-/m0/s1. The fourth-order valence-corrected chi connectivity index (χ4v) is 4.17. The second-order valence-corrected chi connectivity index (χ2v) is 6.26. The Hall–Kier alpha value is -1.91. The van der Waals surface area contributed by atoms with Gasteiger partial charge in [-0.15, -0.1) is 0 Å². The Morgan fingerprint density at radius 3 is 2.90 bits per heavy atom. The summed E-state index contributed by atoms with van der Waals surface area (Å²) in [5.74, 6) is 0.820. The van der Waals surface area contributed by atoms with E-state index in [2.05, 4.69) is 16.9 Å². The summed E-state index contributed by atoms with van der Waals surface area (Å²) in [4.78, 5) is 21.0. The second kappa shape index (κ2) is 4.83. The molecule has 5 nitrogen and oxygen atoms in total. The number of carbonyl (C=O) groups is 1. The molecule has 1 aromatic heterocycles. The van der Waals surface area contributed by atoms with E-state index in [1.807, 2.05) is 6.92 Å². The number of allylic oxidation sites excluding steroid dienone is 1. The van der Waals surface area contributed by atoms with Crippen LogP contribution in [0.15, 0.2) is 18.2 Å². The first-order valence-electron chi connectivity index (χ1n) is 7.28. The van der Waals surface area contributed by atoms with Gasteiger partial charge in [-0.1, -0.05) is 13.8 Å². The number of hydrogen-bond acceptors (Lipinski definition) is 5. The zero-order valence-corrected chi connectivity index (χ0v) is 12.6. The predicted octanol–water partition coefficient (Wildman–Crippen LogP) is 2.36. The molecule has 5 heteroatoms. The van der Waals surface area contributed by atoms with E-state index in [9.17, 15) is 9.90 Å². The molecule has 3 rings (SSSR count). The Morgan fingerprint density at radius 1 is 1.48 bits per heavy atom. The van der Waals surface area contributed by atoms with Crippen LogP contribution in [0.4, 0.5) is 0 Å². The molecular weight excluding hydrogens is 268 g/mol. The van der Waals surface area contributed by atoms with Gasteiger partial charge in [-0.2, -0.15) is 0 Å². The van der Waals surface area contributed by atoms with Gasteiger partial charge in [-0.25, -0.2) is 9.97 Å². The average molecular weight is 288 g/mol. The first-order valence-corrected chi connectivity index (χ1v) is 7.28. The van der Waals surface area contributed by atoms with E-state index in [0.29, 0.717) is 17.9 Å². The quantitative estimate of drug-likeness (QED) is 0.634. The van der Waals surface area contributed by atoms with Crippen LogP contribution in [0.2, 0.25) is 0 Å². The maximum Gasteiger partial charge on any atom is 0.219 e. The molecule has 0 saturated heterocycles. The smallest absolute Gasteiger partial charge is 0.219 e. The number of ether oxygens (including phenoxy) is 1. The lowest BCUT2D eigenvalue weighted by Crippen LogP contribution is -2.48. The SMILES string of the molecule is COc1ncnc2c1CC[C@H]1[C@H](C)C(=O)/C(=C\O)C[C@]21C. The fourth-order valence-electron chi connectivity index (χ4n) is 4.17. The van der Waals surface area contributed by atoms with Crippen LogP contribution in [0.5, 0.6) is 5.88 Å². The van der Waals surface area contributed by atoms with Crippen molar-refractivity contribution in [2.75, 3.05) is 7.11 Å². The molecular formula is C16H20N2O3. The summed E-state index contributed by atoms with van der Waals surface area (Å²) in [6, 6.07) is 0. The molecule has 1 saturated carbocycles. The van der Waals surface area contributed by atoms with Crippen LogP contribution < -0.4 is 4.74 Å². The van der Waals surface area contributed by atoms with Crippen molar-refractivity contribution in [1.82, 2.24) is 9.97 Å². The van der Waals surface area contributed by atoms with Gasteiger partial charge in [0.1, 0.15) is 6.33 Å². The second-order valence-electron chi connectivity index (χ2n) is 6.26. The number of rotatable bonds is 1. The summed E-state index contributed by atoms with van der Waals surface area (Å²) >= 11 is 0. The largest absolute Gasteiger partial charge is 0.515 e. The van der Waals surface area contributed by atoms with Crippen LogP contribution in [0.25, 0.3) is 0 Å². The van der Waals surface area contributed by atoms with Gasteiger partial charge in [0.05, 0.1) is 19.1 Å². The number of methoxy groups -OCH3 is 1. The molecule has 0 aromatic carbocycles. The number of nitrogens with zero attached hydrogens (tertiary/aromatic N) is 2. The van der Waals surface area contributed by atoms with E-state index in [0.717, 1.165) is 30.4 Å². The van der Waals surface area contributed by atoms with Gasteiger partial charge in [-0.05, 0) is 25.2 Å². The Labute approximate surface area is 124 Å². The van der Waals surface area contributed by atoms with Crippen LogP contribution in [-0.2, 0) is 16.6 Å². The van der Waals surface area contributed by atoms with Crippen molar-refractivity contribution in [3.63, 3.8) is 0 Å². The summed E-state index contributed by atoms with van der Waals surface area (Å²) in [5.41, 5.74) is 2.24. The van der Waals surface area contributed by atoms with Gasteiger partial charge >= 0.3 is 0 Å². The van der Waals surface area contributed by atoms with Crippen LogP contribution in [0.1, 0.15) is 37.9 Å². The molecule has 112 valence electrons. The zero-order chi connectivity index (χ0) is 15.2. The normalized spacial score (nSPS) is 33.5. The van der Waals surface area contributed by atoms with Gasteiger partial charge in [0, 0.05) is 22.5 Å². The number of aliphatic hydroxyl groups excluding tert-OH is 1. The number of hydrogen-bond donors (Lipinski definition) is 1. The molecule has 1 aromatic rings. The first kappa shape index (κ1) is 14.0. The maximum atomic E-state index is 12.3. The minimum Gasteiger partial charge on any atom is -0.515 e. The number of ketones is 1. The van der Waals surface area contributed by atoms with E-state index in [1.165, 1.54) is 6.33 Å². The molecule has 0 aliphatic heterocycles. The number of aliphatic hydroxyl groups is 1. The van der Waals surface area contributed by atoms with Crippen molar-refractivity contribution >= 4 is 5.78 Å². The molecule has 0 spiro atoms. The maximum absolute atomic E-state index is 12.3. The first-order chi connectivity index (χ1) is 10.0. The molecule has 0 amide bonds. The number of Topliss-reactive ketones (excluding diaryl/α,β-unsaturated/α-hetero) is 1. The van der Waals surface area contributed by atoms with E-state index in [1.54, 1.807) is 7.11 Å². The van der Waals surface area contributed by atoms with Crippen molar-refractivity contribution in [2.24, 2.45) is 11.8 Å². The van der Waals surface area contributed by atoms with Crippen molar-refractivity contribution in [3.05, 3.63) is 29.4 Å². The molecule has 0 bridgehead atoms. The third-order valence-electron chi connectivity index (χ3n) is 5.21. The van der Waals surface area contributed by atoms with Crippen molar-refractivity contribution in [3.8, 4) is 5.88 Å². The number of aromatic nitrogens is 2. The molecule has 21 heavy (non-hydrogen) atoms. The van der Waals surface area contributed by atoms with Crippen molar-refractivity contribution in [2.45, 2.75) is 38.5 Å². The summed E-state index contributed by atoms with van der Waals surface area (Å²) < 4.78 is 5.36. The van der Waals surface area contributed by atoms with Gasteiger partial charge < -0.3 is 9.84 Å². The molecule has 0 unspecified atom stereocenters. The molecule has 1 fully saturated rings. The monoisotopic (exact) mass is 288 g/mol. The van der Waals surface area contributed by atoms with Gasteiger partial charge in [0.15, 0.2) is 5.78 Å². The van der Waals surface area contributed by atoms with Crippen molar-refractivity contribution in [1.29, 1.82) is 0 Å². The van der Waals surface area contributed by atoms with E-state index >= 15 is 0 Å². The third-order valence-corrected chi connectivity index (χ3v) is 5.21. The fraction of sp³-hybridized carbons (Fsp3) is 0.562. The summed E-state index contributed by atoms with van der Waals surface area (Å²) in [7, 11) is 1.61. The summed E-state index contributed by atoms with van der Waals surface area (Å²) in [6.07, 6.45) is 4.75. The van der Waals surface area contributed by atoms with Gasteiger partial charge in [0.2, 0.25) is 5.88 Å². The molecule has 2 aliphatic rings. The Kier molecular flexibility index (Phi) is 3.23. The van der Waals surface area contributed by atoms with Gasteiger partial charge in [0.25, 0.3) is 0 Å². The Morgan fingerprint density at radius 2 is 2.24 bits per heavy atom. The lowest BCUT2D eigenvalue weighted by molar-refractivity contribution is -0.124. The highest BCUT2D eigenvalue weighted by molar-refractivity contribution is 5.98. The lowest BCUT2D eigenvalue weighted by Gasteiger charge is -2.48. The average Bonchev–Trinajstić information content (AvgIpc) is 2.50. The zero-order valence-electron chi connectivity index (χ0n) is 12.6. The Balaban J connectivity index is 2.15. The predicted molar refractivity (Wildman–Crippen MR) is 77.2 cm³/mol. The van der Waals surface area contributed by atoms with Crippen LogP contribution in [0.3, 0.4) is 0 Å². The highest BCUT2D eigenvalue weighted by atomic mass is 16.5. The van der Waals surface area contributed by atoms with E-state index < -0.39 is 0 Å². The highest BCUT2D eigenvalue weighted by Gasteiger charge is 2.51. The molecule has 1 heterocycles. The third kappa shape index (κ3) is 1.87. The van der Waals surface area contributed by atoms with Crippen LogP contribution >= 0.6 is 0 Å². The molecule has 0 radical (unpaired) electrons. The number of fused-ring (bicyclic) bond motifs is 3. The van der Waals surface area contributed by atoms with Crippen molar-refractivity contribution < 1.29 is 14.6 Å². The molecule has 2 aliphatic carbocycles.